The molecule has 0 amide bonds. The minimum atomic E-state index is -0.350. The lowest BCUT2D eigenvalue weighted by molar-refractivity contribution is -0.384. The Morgan fingerprint density at radius 3 is 2.17 bits per heavy atom. The van der Waals surface area contributed by atoms with Gasteiger partial charge in [-0.05, 0) is 31.0 Å². The van der Waals surface area contributed by atoms with Crippen molar-refractivity contribution >= 4 is 11.4 Å². The van der Waals surface area contributed by atoms with Gasteiger partial charge in [0.1, 0.15) is 0 Å². The minimum Gasteiger partial charge on any atom is -0.371 e. The molecule has 5 nitrogen and oxygen atoms in total. The Morgan fingerprint density at radius 2 is 1.67 bits per heavy atom. The summed E-state index contributed by atoms with van der Waals surface area (Å²) in [6.07, 6.45) is 0. The summed E-state index contributed by atoms with van der Waals surface area (Å²) < 4.78 is 0. The first-order chi connectivity index (χ1) is 8.63. The van der Waals surface area contributed by atoms with E-state index >= 15 is 0 Å². The Bertz CT molecular complexity index is 446. The Hall–Kier alpha value is -1.62. The molecule has 5 heteroatoms. The van der Waals surface area contributed by atoms with Crippen LogP contribution >= 0.6 is 0 Å². The van der Waals surface area contributed by atoms with Gasteiger partial charge >= 0.3 is 0 Å². The fraction of sp³-hybridized carbons (Fsp3) is 0.538. The van der Waals surface area contributed by atoms with Crippen LogP contribution in [-0.2, 0) is 0 Å². The number of nitro groups is 1. The average molecular weight is 247 g/mol. The summed E-state index contributed by atoms with van der Waals surface area (Å²) >= 11 is 0. The van der Waals surface area contributed by atoms with Crippen LogP contribution in [0.5, 0.6) is 0 Å². The lowest BCUT2D eigenvalue weighted by Gasteiger charge is -2.21. The van der Waals surface area contributed by atoms with E-state index in [1.54, 1.807) is 12.1 Å². The van der Waals surface area contributed by atoms with E-state index in [0.29, 0.717) is 0 Å². The van der Waals surface area contributed by atoms with Gasteiger partial charge in [0.05, 0.1) is 4.92 Å². The van der Waals surface area contributed by atoms with Crippen LogP contribution < -0.4 is 4.90 Å². The van der Waals surface area contributed by atoms with E-state index in [0.717, 1.165) is 30.6 Å². The quantitative estimate of drug-likeness (QED) is 0.588. The van der Waals surface area contributed by atoms with Gasteiger partial charge < -0.3 is 9.80 Å². The van der Waals surface area contributed by atoms with Crippen molar-refractivity contribution in [1.29, 1.82) is 0 Å². The second kappa shape index (κ2) is 4.24. The number of nitro benzene ring substituents is 1. The molecule has 18 heavy (non-hydrogen) atoms. The Balaban J connectivity index is 1.72. The highest BCUT2D eigenvalue weighted by Crippen LogP contribution is 2.33. The Morgan fingerprint density at radius 1 is 1.11 bits per heavy atom. The van der Waals surface area contributed by atoms with Crippen LogP contribution in [0, 0.1) is 22.0 Å². The molecule has 0 radical (unpaired) electrons. The van der Waals surface area contributed by atoms with E-state index in [4.69, 9.17) is 0 Å². The van der Waals surface area contributed by atoms with E-state index in [1.165, 1.54) is 13.1 Å². The molecule has 0 aliphatic carbocycles. The Kier molecular flexibility index (Phi) is 2.70. The minimum absolute atomic E-state index is 0.165. The second-order valence-corrected chi connectivity index (χ2v) is 5.42. The van der Waals surface area contributed by atoms with Gasteiger partial charge in [-0.15, -0.1) is 0 Å². The van der Waals surface area contributed by atoms with Gasteiger partial charge in [-0.1, -0.05) is 0 Å². The number of anilines is 1. The number of hydrogen-bond donors (Lipinski definition) is 0. The summed E-state index contributed by atoms with van der Waals surface area (Å²) in [5, 5.41) is 10.6. The predicted molar refractivity (Wildman–Crippen MR) is 69.8 cm³/mol. The van der Waals surface area contributed by atoms with E-state index in [9.17, 15) is 10.1 Å². The Labute approximate surface area is 106 Å². The molecule has 2 saturated heterocycles. The summed E-state index contributed by atoms with van der Waals surface area (Å²) in [6.45, 7) is 4.50. The van der Waals surface area contributed by atoms with Crippen molar-refractivity contribution in [3.05, 3.63) is 34.4 Å². The maximum absolute atomic E-state index is 10.6. The van der Waals surface area contributed by atoms with E-state index in [2.05, 4.69) is 16.8 Å². The predicted octanol–water partition coefficient (Wildman–Crippen LogP) is 1.59. The number of nitrogens with zero attached hydrogens (tertiary/aromatic N) is 3. The molecule has 1 aromatic rings. The third-order valence-electron chi connectivity index (χ3n) is 4.09. The zero-order chi connectivity index (χ0) is 12.7. The highest BCUT2D eigenvalue weighted by molar-refractivity contribution is 5.51. The zero-order valence-electron chi connectivity index (χ0n) is 10.5. The number of likely N-dealkylation sites (tertiary alicyclic amines) is 1. The highest BCUT2D eigenvalue weighted by Gasteiger charge is 2.38. The van der Waals surface area contributed by atoms with Crippen molar-refractivity contribution in [3.8, 4) is 0 Å². The van der Waals surface area contributed by atoms with Gasteiger partial charge in [-0.25, -0.2) is 0 Å². The lowest BCUT2D eigenvalue weighted by atomic mass is 10.0. The van der Waals surface area contributed by atoms with Crippen LogP contribution in [-0.4, -0.2) is 43.0 Å². The molecule has 2 unspecified atom stereocenters. The molecule has 2 aliphatic heterocycles. The number of fused-ring (bicyclic) bond motifs is 1. The molecule has 3 rings (SSSR count). The summed E-state index contributed by atoms with van der Waals surface area (Å²) in [4.78, 5) is 15.0. The summed E-state index contributed by atoms with van der Waals surface area (Å²) in [5.74, 6) is 1.51. The van der Waals surface area contributed by atoms with Crippen molar-refractivity contribution in [2.45, 2.75) is 0 Å². The highest BCUT2D eigenvalue weighted by atomic mass is 16.6. The summed E-state index contributed by atoms with van der Waals surface area (Å²) in [6, 6.07) is 6.91. The molecular formula is C13H17N3O2. The van der Waals surface area contributed by atoms with E-state index in [1.807, 2.05) is 12.1 Å². The normalized spacial score (nSPS) is 27.5. The maximum Gasteiger partial charge on any atom is 0.269 e. The fourth-order valence-electron chi connectivity index (χ4n) is 3.22. The number of rotatable bonds is 2. The third-order valence-corrected chi connectivity index (χ3v) is 4.09. The maximum atomic E-state index is 10.6. The largest absolute Gasteiger partial charge is 0.371 e. The molecule has 2 heterocycles. The first kappa shape index (κ1) is 11.5. The van der Waals surface area contributed by atoms with Crippen LogP contribution in [0.2, 0.25) is 0 Å². The SMILES string of the molecule is CN1CC2CN(c3ccc([N+](=O)[O-])cc3)CC2C1. The molecule has 2 aliphatic rings. The molecule has 0 spiro atoms. The van der Waals surface area contributed by atoms with Crippen LogP contribution in [0.1, 0.15) is 0 Å². The first-order valence-electron chi connectivity index (χ1n) is 6.31. The summed E-state index contributed by atoms with van der Waals surface area (Å²) in [5.41, 5.74) is 1.27. The van der Waals surface area contributed by atoms with Crippen molar-refractivity contribution < 1.29 is 4.92 Å². The molecule has 0 saturated carbocycles. The third kappa shape index (κ3) is 1.95. The zero-order valence-corrected chi connectivity index (χ0v) is 10.5. The average Bonchev–Trinajstić information content (AvgIpc) is 2.86. The second-order valence-electron chi connectivity index (χ2n) is 5.42. The monoisotopic (exact) mass is 247 g/mol. The van der Waals surface area contributed by atoms with Crippen molar-refractivity contribution in [3.63, 3.8) is 0 Å². The van der Waals surface area contributed by atoms with Crippen molar-refractivity contribution in [1.82, 2.24) is 4.90 Å². The molecule has 1 aromatic carbocycles. The van der Waals surface area contributed by atoms with Gasteiger partial charge in [0.2, 0.25) is 0 Å². The molecule has 96 valence electrons. The fourth-order valence-corrected chi connectivity index (χ4v) is 3.22. The smallest absolute Gasteiger partial charge is 0.269 e. The molecule has 2 fully saturated rings. The van der Waals surface area contributed by atoms with Crippen LogP contribution in [0.15, 0.2) is 24.3 Å². The number of hydrogen-bond acceptors (Lipinski definition) is 4. The molecule has 0 bridgehead atoms. The standard InChI is InChI=1S/C13H17N3O2/c1-14-6-10-8-15(9-11(10)7-14)12-2-4-13(5-3-12)16(17)18/h2-5,10-11H,6-9H2,1H3. The van der Waals surface area contributed by atoms with Gasteiger partial charge in [-0.3, -0.25) is 10.1 Å². The summed E-state index contributed by atoms with van der Waals surface area (Å²) in [7, 11) is 2.18. The first-order valence-corrected chi connectivity index (χ1v) is 6.31. The van der Waals surface area contributed by atoms with Gasteiger partial charge in [0, 0.05) is 44.0 Å². The molecule has 0 aromatic heterocycles. The number of non-ortho nitro benzene ring substituents is 1. The van der Waals surface area contributed by atoms with Crippen LogP contribution in [0.25, 0.3) is 0 Å². The van der Waals surface area contributed by atoms with E-state index < -0.39 is 0 Å². The van der Waals surface area contributed by atoms with Crippen LogP contribution in [0.4, 0.5) is 11.4 Å². The van der Waals surface area contributed by atoms with E-state index in [-0.39, 0.29) is 10.6 Å². The van der Waals surface area contributed by atoms with Gasteiger partial charge in [0.25, 0.3) is 5.69 Å². The van der Waals surface area contributed by atoms with Crippen LogP contribution in [0.3, 0.4) is 0 Å². The molecular weight excluding hydrogens is 230 g/mol. The topological polar surface area (TPSA) is 49.6 Å². The van der Waals surface area contributed by atoms with Gasteiger partial charge in [-0.2, -0.15) is 0 Å². The van der Waals surface area contributed by atoms with Gasteiger partial charge in [0.15, 0.2) is 0 Å². The molecule has 0 N–H and O–H groups in total. The van der Waals surface area contributed by atoms with Crippen molar-refractivity contribution in [2.75, 3.05) is 38.1 Å². The lowest BCUT2D eigenvalue weighted by Crippen LogP contribution is -2.26. The number of benzene rings is 1. The van der Waals surface area contributed by atoms with Crippen molar-refractivity contribution in [2.24, 2.45) is 11.8 Å². The molecule has 2 atom stereocenters.